The maximum atomic E-state index is 13.8. The lowest BCUT2D eigenvalue weighted by Gasteiger charge is -2.12. The Hall–Kier alpha value is -2.87. The SMILES string of the molecule is N#Cc1ccc(NC(=O)C2CNc3ccccc32)c(F)c1. The maximum Gasteiger partial charge on any atom is 0.233 e. The van der Waals surface area contributed by atoms with Crippen molar-refractivity contribution >= 4 is 17.3 Å². The van der Waals surface area contributed by atoms with Gasteiger partial charge in [0.2, 0.25) is 5.91 Å². The predicted octanol–water partition coefficient (Wildman–Crippen LogP) is 2.85. The van der Waals surface area contributed by atoms with Gasteiger partial charge in [0.1, 0.15) is 5.82 Å². The van der Waals surface area contributed by atoms with Crippen molar-refractivity contribution < 1.29 is 9.18 Å². The molecule has 2 N–H and O–H groups in total. The molecule has 1 aliphatic heterocycles. The number of anilines is 2. The zero-order valence-electron chi connectivity index (χ0n) is 11.1. The third-order valence-corrected chi connectivity index (χ3v) is 3.51. The summed E-state index contributed by atoms with van der Waals surface area (Å²) in [5.41, 5.74) is 2.14. The van der Waals surface area contributed by atoms with Gasteiger partial charge in [0.15, 0.2) is 0 Å². The van der Waals surface area contributed by atoms with E-state index in [9.17, 15) is 9.18 Å². The number of nitrogens with one attached hydrogen (secondary N) is 2. The van der Waals surface area contributed by atoms with Crippen molar-refractivity contribution in [3.63, 3.8) is 0 Å². The average molecular weight is 281 g/mol. The van der Waals surface area contributed by atoms with E-state index in [0.29, 0.717) is 6.54 Å². The number of halogens is 1. The van der Waals surface area contributed by atoms with Crippen LogP contribution < -0.4 is 10.6 Å². The first-order valence-corrected chi connectivity index (χ1v) is 6.52. The topological polar surface area (TPSA) is 64.9 Å². The number of para-hydroxylation sites is 1. The second-order valence-corrected chi connectivity index (χ2v) is 4.82. The molecule has 2 aromatic rings. The number of hydrogen-bond acceptors (Lipinski definition) is 3. The molecule has 0 fully saturated rings. The molecule has 4 nitrogen and oxygen atoms in total. The number of nitrogens with zero attached hydrogens (tertiary/aromatic N) is 1. The van der Waals surface area contributed by atoms with Gasteiger partial charge in [-0.2, -0.15) is 5.26 Å². The third kappa shape index (κ3) is 2.43. The predicted molar refractivity (Wildman–Crippen MR) is 77.4 cm³/mol. The summed E-state index contributed by atoms with van der Waals surface area (Å²) in [5.74, 6) is -1.23. The molecule has 0 bridgehead atoms. The molecule has 3 rings (SSSR count). The van der Waals surface area contributed by atoms with E-state index >= 15 is 0 Å². The molecular weight excluding hydrogens is 269 g/mol. The first-order valence-electron chi connectivity index (χ1n) is 6.52. The summed E-state index contributed by atoms with van der Waals surface area (Å²) >= 11 is 0. The maximum absolute atomic E-state index is 13.8. The molecule has 1 unspecified atom stereocenters. The van der Waals surface area contributed by atoms with Crippen molar-refractivity contribution in [2.45, 2.75) is 5.92 Å². The lowest BCUT2D eigenvalue weighted by Crippen LogP contribution is -2.23. The molecule has 1 atom stereocenters. The van der Waals surface area contributed by atoms with E-state index in [-0.39, 0.29) is 23.1 Å². The van der Waals surface area contributed by atoms with Gasteiger partial charge in [-0.3, -0.25) is 4.79 Å². The van der Waals surface area contributed by atoms with Crippen LogP contribution in [-0.4, -0.2) is 12.5 Å². The number of rotatable bonds is 2. The van der Waals surface area contributed by atoms with Crippen LogP contribution in [0.3, 0.4) is 0 Å². The molecule has 1 aliphatic rings. The summed E-state index contributed by atoms with van der Waals surface area (Å²) in [4.78, 5) is 12.3. The lowest BCUT2D eigenvalue weighted by molar-refractivity contribution is -0.117. The molecule has 0 spiro atoms. The summed E-state index contributed by atoms with van der Waals surface area (Å²) in [7, 11) is 0. The Bertz CT molecular complexity index is 751. The Balaban J connectivity index is 1.81. The molecule has 5 heteroatoms. The molecule has 2 aromatic carbocycles. The average Bonchev–Trinajstić information content (AvgIpc) is 2.93. The van der Waals surface area contributed by atoms with Crippen LogP contribution in [0.25, 0.3) is 0 Å². The minimum Gasteiger partial charge on any atom is -0.384 e. The van der Waals surface area contributed by atoms with Crippen molar-refractivity contribution in [3.8, 4) is 6.07 Å². The van der Waals surface area contributed by atoms with Gasteiger partial charge in [-0.05, 0) is 29.8 Å². The van der Waals surface area contributed by atoms with Crippen LogP contribution in [0, 0.1) is 17.1 Å². The summed E-state index contributed by atoms with van der Waals surface area (Å²) in [6.07, 6.45) is 0. The van der Waals surface area contributed by atoms with Gasteiger partial charge >= 0.3 is 0 Å². The second-order valence-electron chi connectivity index (χ2n) is 4.82. The van der Waals surface area contributed by atoms with Gasteiger partial charge in [-0.25, -0.2) is 4.39 Å². The van der Waals surface area contributed by atoms with Crippen LogP contribution in [0.5, 0.6) is 0 Å². The molecule has 104 valence electrons. The van der Waals surface area contributed by atoms with Crippen molar-refractivity contribution in [2.75, 3.05) is 17.2 Å². The number of hydrogen-bond donors (Lipinski definition) is 2. The lowest BCUT2D eigenvalue weighted by atomic mass is 10.0. The highest BCUT2D eigenvalue weighted by atomic mass is 19.1. The van der Waals surface area contributed by atoms with Gasteiger partial charge in [-0.1, -0.05) is 18.2 Å². The van der Waals surface area contributed by atoms with Gasteiger partial charge in [0.25, 0.3) is 0 Å². The van der Waals surface area contributed by atoms with Crippen LogP contribution in [0.15, 0.2) is 42.5 Å². The van der Waals surface area contributed by atoms with Crippen LogP contribution in [0.1, 0.15) is 17.0 Å². The number of carbonyl (C=O) groups is 1. The monoisotopic (exact) mass is 281 g/mol. The molecule has 1 heterocycles. The van der Waals surface area contributed by atoms with Gasteiger partial charge in [0.05, 0.1) is 23.2 Å². The van der Waals surface area contributed by atoms with Gasteiger partial charge in [0, 0.05) is 12.2 Å². The number of benzene rings is 2. The number of fused-ring (bicyclic) bond motifs is 1. The van der Waals surface area contributed by atoms with Crippen LogP contribution in [0.2, 0.25) is 0 Å². The number of carbonyl (C=O) groups excluding carboxylic acids is 1. The van der Waals surface area contributed by atoms with E-state index in [1.54, 1.807) is 0 Å². The minimum absolute atomic E-state index is 0.0865. The second kappa shape index (κ2) is 5.25. The first-order chi connectivity index (χ1) is 10.2. The standard InChI is InChI=1S/C16H12FN3O/c17-13-7-10(8-18)5-6-15(13)20-16(21)12-9-19-14-4-2-1-3-11(12)14/h1-7,12,19H,9H2,(H,20,21). The van der Waals surface area contributed by atoms with Crippen LogP contribution in [0.4, 0.5) is 15.8 Å². The van der Waals surface area contributed by atoms with Crippen LogP contribution >= 0.6 is 0 Å². The number of amides is 1. The van der Waals surface area contributed by atoms with Gasteiger partial charge in [-0.15, -0.1) is 0 Å². The van der Waals surface area contributed by atoms with Crippen molar-refractivity contribution in [2.24, 2.45) is 0 Å². The van der Waals surface area contributed by atoms with E-state index in [2.05, 4.69) is 10.6 Å². The molecule has 0 saturated carbocycles. The highest BCUT2D eigenvalue weighted by Crippen LogP contribution is 2.32. The quantitative estimate of drug-likeness (QED) is 0.889. The smallest absolute Gasteiger partial charge is 0.233 e. The largest absolute Gasteiger partial charge is 0.384 e. The van der Waals surface area contributed by atoms with Crippen molar-refractivity contribution in [1.82, 2.24) is 0 Å². The summed E-state index contributed by atoms with van der Waals surface area (Å²) < 4.78 is 13.8. The van der Waals surface area contributed by atoms with E-state index in [1.165, 1.54) is 12.1 Å². The molecular formula is C16H12FN3O. The normalized spacial score (nSPS) is 15.7. The Morgan fingerprint density at radius 3 is 2.90 bits per heavy atom. The molecule has 0 saturated heterocycles. The molecule has 0 radical (unpaired) electrons. The first kappa shape index (κ1) is 13.1. The fourth-order valence-electron chi connectivity index (χ4n) is 2.42. The van der Waals surface area contributed by atoms with E-state index in [1.807, 2.05) is 30.3 Å². The third-order valence-electron chi connectivity index (χ3n) is 3.51. The van der Waals surface area contributed by atoms with Crippen molar-refractivity contribution in [1.29, 1.82) is 5.26 Å². The summed E-state index contributed by atoms with van der Waals surface area (Å²) in [6, 6.07) is 13.4. The number of nitriles is 1. The van der Waals surface area contributed by atoms with Crippen LogP contribution in [-0.2, 0) is 4.79 Å². The van der Waals surface area contributed by atoms with Gasteiger partial charge < -0.3 is 10.6 Å². The Labute approximate surface area is 121 Å². The van der Waals surface area contributed by atoms with E-state index < -0.39 is 5.82 Å². The molecule has 1 amide bonds. The zero-order valence-corrected chi connectivity index (χ0v) is 11.1. The summed E-state index contributed by atoms with van der Waals surface area (Å²) in [5, 5.41) is 14.4. The molecule has 0 aliphatic carbocycles. The fraction of sp³-hybridized carbons (Fsp3) is 0.125. The Kier molecular flexibility index (Phi) is 3.28. The Morgan fingerprint density at radius 1 is 1.33 bits per heavy atom. The minimum atomic E-state index is -0.610. The summed E-state index contributed by atoms with van der Waals surface area (Å²) in [6.45, 7) is 0.489. The highest BCUT2D eigenvalue weighted by molar-refractivity contribution is 5.98. The highest BCUT2D eigenvalue weighted by Gasteiger charge is 2.28. The van der Waals surface area contributed by atoms with E-state index in [0.717, 1.165) is 17.3 Å². The molecule has 21 heavy (non-hydrogen) atoms. The Morgan fingerprint density at radius 2 is 2.14 bits per heavy atom. The van der Waals surface area contributed by atoms with E-state index in [4.69, 9.17) is 5.26 Å². The molecule has 0 aromatic heterocycles. The zero-order chi connectivity index (χ0) is 14.8. The fourth-order valence-corrected chi connectivity index (χ4v) is 2.42. The van der Waals surface area contributed by atoms with Crippen molar-refractivity contribution in [3.05, 3.63) is 59.4 Å².